The van der Waals surface area contributed by atoms with Gasteiger partial charge < -0.3 is 0 Å². The topological polar surface area (TPSA) is 83.5 Å². The van der Waals surface area contributed by atoms with Crippen molar-refractivity contribution in [2.24, 2.45) is 5.92 Å². The molecule has 8 heteroatoms. The van der Waals surface area contributed by atoms with Crippen LogP contribution in [0.1, 0.15) is 55.1 Å². The summed E-state index contributed by atoms with van der Waals surface area (Å²) in [4.78, 5) is 24.5. The lowest BCUT2D eigenvalue weighted by Gasteiger charge is -2.33. The first-order chi connectivity index (χ1) is 14.9. The average molecular weight is 441 g/mol. The SMILES string of the molecule is Cc1nc([C@@H]2CCCN(S(=O)(=O)c3ccccc3)C2)nc2c1CCC(=O)N2CC1CC1. The first-order valence-electron chi connectivity index (χ1n) is 11.2. The largest absolute Gasteiger partial charge is 0.296 e. The molecule has 2 aliphatic heterocycles. The van der Waals surface area contributed by atoms with Crippen molar-refractivity contribution in [2.75, 3.05) is 24.5 Å². The number of carbonyl (C=O) groups excluding carboxylic acids is 1. The minimum absolute atomic E-state index is 0.0731. The molecule has 0 spiro atoms. The third kappa shape index (κ3) is 3.99. The molecule has 5 rings (SSSR count). The molecule has 1 aromatic heterocycles. The van der Waals surface area contributed by atoms with E-state index in [-0.39, 0.29) is 11.8 Å². The number of fused-ring (bicyclic) bond motifs is 1. The van der Waals surface area contributed by atoms with Gasteiger partial charge in [0.1, 0.15) is 11.6 Å². The van der Waals surface area contributed by atoms with Crippen molar-refractivity contribution in [1.29, 1.82) is 0 Å². The fourth-order valence-electron chi connectivity index (χ4n) is 4.65. The maximum atomic E-state index is 13.1. The number of benzene rings is 1. The van der Waals surface area contributed by atoms with E-state index in [0.29, 0.717) is 42.6 Å². The van der Waals surface area contributed by atoms with Gasteiger partial charge in [-0.1, -0.05) is 18.2 Å². The zero-order chi connectivity index (χ0) is 21.6. The Bertz CT molecular complexity index is 1100. The van der Waals surface area contributed by atoms with Crippen LogP contribution in [0.25, 0.3) is 0 Å². The van der Waals surface area contributed by atoms with E-state index in [1.807, 2.05) is 17.9 Å². The first kappa shape index (κ1) is 20.6. The summed E-state index contributed by atoms with van der Waals surface area (Å²) in [5.41, 5.74) is 1.98. The van der Waals surface area contributed by atoms with Crippen LogP contribution >= 0.6 is 0 Å². The van der Waals surface area contributed by atoms with Crippen LogP contribution in [0.4, 0.5) is 5.82 Å². The van der Waals surface area contributed by atoms with Crippen LogP contribution in [0.5, 0.6) is 0 Å². The number of carbonyl (C=O) groups is 1. The molecule has 1 saturated carbocycles. The maximum absolute atomic E-state index is 13.1. The van der Waals surface area contributed by atoms with E-state index in [9.17, 15) is 13.2 Å². The molecule has 1 saturated heterocycles. The molecule has 2 fully saturated rings. The lowest BCUT2D eigenvalue weighted by molar-refractivity contribution is -0.119. The van der Waals surface area contributed by atoms with Gasteiger partial charge in [0.25, 0.3) is 0 Å². The van der Waals surface area contributed by atoms with Gasteiger partial charge >= 0.3 is 0 Å². The van der Waals surface area contributed by atoms with Crippen LogP contribution in [-0.2, 0) is 21.2 Å². The van der Waals surface area contributed by atoms with E-state index in [1.54, 1.807) is 28.6 Å². The fourth-order valence-corrected chi connectivity index (χ4v) is 6.19. The molecular weight excluding hydrogens is 412 g/mol. The van der Waals surface area contributed by atoms with Gasteiger partial charge in [-0.3, -0.25) is 9.69 Å². The van der Waals surface area contributed by atoms with Gasteiger partial charge in [0, 0.05) is 43.2 Å². The fraction of sp³-hybridized carbons (Fsp3) is 0.522. The van der Waals surface area contributed by atoms with Gasteiger partial charge in [0.2, 0.25) is 15.9 Å². The minimum Gasteiger partial charge on any atom is -0.296 e. The van der Waals surface area contributed by atoms with Crippen molar-refractivity contribution in [1.82, 2.24) is 14.3 Å². The standard InChI is InChI=1S/C23H28N4O3S/c1-16-20-11-12-21(28)27(14-17-9-10-17)23(20)25-22(24-16)18-6-5-13-26(15-18)31(29,30)19-7-3-2-4-8-19/h2-4,7-8,17-18H,5-6,9-15H2,1H3/t18-/m1/s1. The third-order valence-corrected chi connectivity index (χ3v) is 8.50. The van der Waals surface area contributed by atoms with E-state index in [1.165, 1.54) is 12.8 Å². The Morgan fingerprint density at radius 1 is 1.06 bits per heavy atom. The molecule has 0 radical (unpaired) electrons. The smallest absolute Gasteiger partial charge is 0.243 e. The third-order valence-electron chi connectivity index (χ3n) is 6.62. The van der Waals surface area contributed by atoms with Crippen molar-refractivity contribution in [2.45, 2.75) is 56.3 Å². The molecule has 7 nitrogen and oxygen atoms in total. The Labute approximate surface area is 183 Å². The number of sulfonamides is 1. The van der Waals surface area contributed by atoms with Gasteiger partial charge in [0.05, 0.1) is 4.90 Å². The number of hydrogen-bond donors (Lipinski definition) is 0. The second-order valence-electron chi connectivity index (χ2n) is 8.93. The highest BCUT2D eigenvalue weighted by Gasteiger charge is 2.36. The number of aryl methyl sites for hydroxylation is 1. The number of amides is 1. The van der Waals surface area contributed by atoms with Crippen molar-refractivity contribution < 1.29 is 13.2 Å². The lowest BCUT2D eigenvalue weighted by Crippen LogP contribution is -2.41. The van der Waals surface area contributed by atoms with E-state index in [0.717, 1.165) is 36.5 Å². The summed E-state index contributed by atoms with van der Waals surface area (Å²) in [6.45, 7) is 3.59. The zero-order valence-corrected chi connectivity index (χ0v) is 18.6. The first-order valence-corrected chi connectivity index (χ1v) is 12.6. The Hall–Kier alpha value is -2.32. The second-order valence-corrected chi connectivity index (χ2v) is 10.9. The zero-order valence-electron chi connectivity index (χ0n) is 17.8. The molecular formula is C23H28N4O3S. The number of aromatic nitrogens is 2. The second kappa shape index (κ2) is 7.98. The summed E-state index contributed by atoms with van der Waals surface area (Å²) in [6, 6.07) is 8.58. The molecule has 164 valence electrons. The molecule has 0 N–H and O–H groups in total. The highest BCUT2D eigenvalue weighted by molar-refractivity contribution is 7.89. The Kier molecular flexibility index (Phi) is 5.30. The van der Waals surface area contributed by atoms with E-state index in [4.69, 9.17) is 9.97 Å². The van der Waals surface area contributed by atoms with Gasteiger partial charge in [-0.15, -0.1) is 0 Å². The van der Waals surface area contributed by atoms with E-state index >= 15 is 0 Å². The molecule has 1 aliphatic carbocycles. The molecule has 3 heterocycles. The summed E-state index contributed by atoms with van der Waals surface area (Å²) in [7, 11) is -3.54. The molecule has 0 unspecified atom stereocenters. The summed E-state index contributed by atoms with van der Waals surface area (Å²) in [6.07, 6.45) is 5.14. The molecule has 1 amide bonds. The molecule has 0 bridgehead atoms. The van der Waals surface area contributed by atoms with Crippen molar-refractivity contribution in [3.05, 3.63) is 47.4 Å². The van der Waals surface area contributed by atoms with Gasteiger partial charge in [-0.05, 0) is 57.1 Å². The van der Waals surface area contributed by atoms with Crippen molar-refractivity contribution in [3.63, 3.8) is 0 Å². The maximum Gasteiger partial charge on any atom is 0.243 e. The molecule has 1 aromatic carbocycles. The van der Waals surface area contributed by atoms with Crippen LogP contribution in [0.15, 0.2) is 35.2 Å². The lowest BCUT2D eigenvalue weighted by atomic mass is 9.97. The number of hydrogen-bond acceptors (Lipinski definition) is 5. The van der Waals surface area contributed by atoms with Gasteiger partial charge in [-0.2, -0.15) is 4.31 Å². The average Bonchev–Trinajstić information content (AvgIpc) is 3.60. The Morgan fingerprint density at radius 3 is 2.58 bits per heavy atom. The van der Waals surface area contributed by atoms with Crippen LogP contribution in [-0.4, -0.2) is 48.2 Å². The van der Waals surface area contributed by atoms with Crippen LogP contribution in [0, 0.1) is 12.8 Å². The number of anilines is 1. The normalized spacial score (nSPS) is 22.4. The predicted octanol–water partition coefficient (Wildman–Crippen LogP) is 3.04. The predicted molar refractivity (Wildman–Crippen MR) is 117 cm³/mol. The summed E-state index contributed by atoms with van der Waals surface area (Å²) in [5, 5.41) is 0. The van der Waals surface area contributed by atoms with Crippen LogP contribution in [0.2, 0.25) is 0 Å². The number of piperidine rings is 1. The van der Waals surface area contributed by atoms with Crippen molar-refractivity contribution in [3.8, 4) is 0 Å². The van der Waals surface area contributed by atoms with Crippen molar-refractivity contribution >= 4 is 21.7 Å². The summed E-state index contributed by atoms with van der Waals surface area (Å²) in [5.74, 6) is 2.07. The van der Waals surface area contributed by atoms with E-state index in [2.05, 4.69) is 0 Å². The molecule has 1 atom stereocenters. The number of nitrogens with zero attached hydrogens (tertiary/aromatic N) is 4. The summed E-state index contributed by atoms with van der Waals surface area (Å²) < 4.78 is 27.8. The Morgan fingerprint density at radius 2 is 1.84 bits per heavy atom. The Balaban J connectivity index is 1.44. The molecule has 3 aliphatic rings. The monoisotopic (exact) mass is 440 g/mol. The van der Waals surface area contributed by atoms with Crippen LogP contribution < -0.4 is 4.90 Å². The van der Waals surface area contributed by atoms with E-state index < -0.39 is 10.0 Å². The minimum atomic E-state index is -3.54. The molecule has 31 heavy (non-hydrogen) atoms. The number of rotatable bonds is 5. The quantitative estimate of drug-likeness (QED) is 0.714. The van der Waals surface area contributed by atoms with Crippen LogP contribution in [0.3, 0.4) is 0 Å². The highest BCUT2D eigenvalue weighted by atomic mass is 32.2. The highest BCUT2D eigenvalue weighted by Crippen LogP contribution is 2.36. The summed E-state index contributed by atoms with van der Waals surface area (Å²) >= 11 is 0. The van der Waals surface area contributed by atoms with Gasteiger partial charge in [0.15, 0.2) is 0 Å². The van der Waals surface area contributed by atoms with Gasteiger partial charge in [-0.25, -0.2) is 18.4 Å². The molecule has 2 aromatic rings.